The van der Waals surface area contributed by atoms with Gasteiger partial charge in [0, 0.05) is 23.2 Å². The second kappa shape index (κ2) is 5.64. The highest BCUT2D eigenvalue weighted by Crippen LogP contribution is 2.24. The van der Waals surface area contributed by atoms with Crippen LogP contribution in [0.2, 0.25) is 0 Å². The maximum Gasteiger partial charge on any atom is 0.209 e. The molecular formula is C13H14N2O2S. The first kappa shape index (κ1) is 12.6. The molecule has 5 heteroatoms. The van der Waals surface area contributed by atoms with Crippen LogP contribution in [-0.2, 0) is 0 Å². The zero-order valence-electron chi connectivity index (χ0n) is 10.5. The first-order chi connectivity index (χ1) is 8.72. The zero-order chi connectivity index (χ0) is 13.0. The minimum atomic E-state index is 0.728. The van der Waals surface area contributed by atoms with Crippen LogP contribution in [0.15, 0.2) is 28.6 Å². The number of aliphatic imine (C=N–C) groups is 1. The first-order valence-electron chi connectivity index (χ1n) is 5.41. The van der Waals surface area contributed by atoms with E-state index in [1.807, 2.05) is 30.5 Å². The van der Waals surface area contributed by atoms with Crippen molar-refractivity contribution in [1.82, 2.24) is 4.98 Å². The summed E-state index contributed by atoms with van der Waals surface area (Å²) in [6.07, 6.45) is 1.75. The number of hydrogen-bond donors (Lipinski definition) is 0. The maximum absolute atomic E-state index is 5.29. The summed E-state index contributed by atoms with van der Waals surface area (Å²) >= 11 is 1.52. The molecule has 0 atom stereocenters. The van der Waals surface area contributed by atoms with Crippen LogP contribution in [0.5, 0.6) is 11.5 Å². The van der Waals surface area contributed by atoms with Crippen molar-refractivity contribution >= 4 is 22.7 Å². The molecule has 0 aliphatic rings. The number of rotatable bonds is 4. The fraction of sp³-hybridized carbons (Fsp3) is 0.231. The first-order valence-corrected chi connectivity index (χ1v) is 6.29. The van der Waals surface area contributed by atoms with E-state index in [4.69, 9.17) is 9.47 Å². The maximum atomic E-state index is 5.29. The third-order valence-electron chi connectivity index (χ3n) is 2.36. The van der Waals surface area contributed by atoms with Gasteiger partial charge in [0.2, 0.25) is 5.13 Å². The van der Waals surface area contributed by atoms with Crippen molar-refractivity contribution < 1.29 is 9.47 Å². The molecule has 1 heterocycles. The van der Waals surface area contributed by atoms with Gasteiger partial charge in [-0.2, -0.15) is 0 Å². The van der Waals surface area contributed by atoms with E-state index in [9.17, 15) is 0 Å². The Bertz CT molecular complexity index is 564. The Hall–Kier alpha value is -1.88. The molecule has 2 rings (SSSR count). The summed E-state index contributed by atoms with van der Waals surface area (Å²) in [5.74, 6) is 1.49. The van der Waals surface area contributed by atoms with Gasteiger partial charge in [0.05, 0.1) is 19.9 Å². The number of thiazole rings is 1. The van der Waals surface area contributed by atoms with Crippen LogP contribution >= 0.6 is 11.3 Å². The van der Waals surface area contributed by atoms with Crippen molar-refractivity contribution in [2.75, 3.05) is 14.2 Å². The molecule has 0 saturated carbocycles. The van der Waals surface area contributed by atoms with Crippen LogP contribution in [0.1, 0.15) is 11.3 Å². The van der Waals surface area contributed by atoms with E-state index in [0.29, 0.717) is 0 Å². The van der Waals surface area contributed by atoms with Gasteiger partial charge in [-0.25, -0.2) is 9.98 Å². The second-order valence-corrected chi connectivity index (χ2v) is 4.47. The van der Waals surface area contributed by atoms with Crippen LogP contribution in [0.3, 0.4) is 0 Å². The number of hydrogen-bond acceptors (Lipinski definition) is 5. The van der Waals surface area contributed by atoms with Crippen molar-refractivity contribution in [3.05, 3.63) is 34.8 Å². The summed E-state index contributed by atoms with van der Waals surface area (Å²) in [6, 6.07) is 5.60. The van der Waals surface area contributed by atoms with E-state index >= 15 is 0 Å². The highest BCUT2D eigenvalue weighted by Gasteiger charge is 2.03. The fourth-order valence-electron chi connectivity index (χ4n) is 1.45. The van der Waals surface area contributed by atoms with Gasteiger partial charge in [-0.15, -0.1) is 11.3 Å². The molecule has 0 amide bonds. The Balaban J connectivity index is 2.25. The zero-order valence-corrected chi connectivity index (χ0v) is 11.3. The van der Waals surface area contributed by atoms with Gasteiger partial charge in [-0.05, 0) is 19.1 Å². The van der Waals surface area contributed by atoms with E-state index in [2.05, 4.69) is 9.98 Å². The van der Waals surface area contributed by atoms with Crippen LogP contribution < -0.4 is 9.47 Å². The monoisotopic (exact) mass is 262 g/mol. The summed E-state index contributed by atoms with van der Waals surface area (Å²) in [5.41, 5.74) is 1.87. The van der Waals surface area contributed by atoms with Crippen molar-refractivity contribution in [1.29, 1.82) is 0 Å². The molecule has 1 aromatic heterocycles. The lowest BCUT2D eigenvalue weighted by atomic mass is 10.2. The normalized spacial score (nSPS) is 10.8. The highest BCUT2D eigenvalue weighted by molar-refractivity contribution is 7.13. The van der Waals surface area contributed by atoms with Gasteiger partial charge in [0.1, 0.15) is 11.5 Å². The summed E-state index contributed by atoms with van der Waals surface area (Å²) in [7, 11) is 3.25. The van der Waals surface area contributed by atoms with Gasteiger partial charge >= 0.3 is 0 Å². The molecule has 0 fully saturated rings. The molecule has 0 radical (unpaired) electrons. The lowest BCUT2D eigenvalue weighted by Crippen LogP contribution is -1.92. The van der Waals surface area contributed by atoms with Crippen LogP contribution in [-0.4, -0.2) is 25.4 Å². The molecule has 0 unspecified atom stereocenters. The van der Waals surface area contributed by atoms with Crippen LogP contribution in [0, 0.1) is 6.92 Å². The quantitative estimate of drug-likeness (QED) is 0.795. The smallest absolute Gasteiger partial charge is 0.209 e. The summed E-state index contributed by atoms with van der Waals surface area (Å²) in [5, 5.41) is 2.71. The van der Waals surface area contributed by atoms with E-state index in [0.717, 1.165) is 27.9 Å². The van der Waals surface area contributed by atoms with E-state index in [1.165, 1.54) is 11.3 Å². The van der Waals surface area contributed by atoms with Crippen LogP contribution in [0.25, 0.3) is 0 Å². The number of benzene rings is 1. The number of ether oxygens (including phenoxy) is 2. The lowest BCUT2D eigenvalue weighted by Gasteiger charge is -2.06. The minimum absolute atomic E-state index is 0.728. The number of aryl methyl sites for hydroxylation is 1. The molecule has 2 aromatic rings. The third-order valence-corrected chi connectivity index (χ3v) is 3.23. The molecule has 0 N–H and O–H groups in total. The minimum Gasteiger partial charge on any atom is -0.497 e. The van der Waals surface area contributed by atoms with E-state index in [1.54, 1.807) is 20.4 Å². The Labute approximate surface area is 110 Å². The highest BCUT2D eigenvalue weighted by atomic mass is 32.1. The molecule has 18 heavy (non-hydrogen) atoms. The largest absolute Gasteiger partial charge is 0.497 e. The van der Waals surface area contributed by atoms with Gasteiger partial charge in [0.15, 0.2) is 0 Å². The van der Waals surface area contributed by atoms with Gasteiger partial charge in [0.25, 0.3) is 0 Å². The Kier molecular flexibility index (Phi) is 3.94. The Morgan fingerprint density at radius 2 is 2.11 bits per heavy atom. The predicted molar refractivity (Wildman–Crippen MR) is 73.7 cm³/mol. The second-order valence-electron chi connectivity index (χ2n) is 3.64. The predicted octanol–water partition coefficient (Wildman–Crippen LogP) is 3.22. The standard InChI is InChI=1S/C13H14N2O2S/c1-9-8-18-13(15-9)14-7-10-4-5-11(16-2)6-12(10)17-3/h4-8H,1-3H3. The molecular weight excluding hydrogens is 248 g/mol. The van der Waals surface area contributed by atoms with E-state index < -0.39 is 0 Å². The van der Waals surface area contributed by atoms with Crippen LogP contribution in [0.4, 0.5) is 5.13 Å². The Morgan fingerprint density at radius 1 is 1.28 bits per heavy atom. The van der Waals surface area contributed by atoms with Gasteiger partial charge < -0.3 is 9.47 Å². The average Bonchev–Trinajstić information content (AvgIpc) is 2.82. The van der Waals surface area contributed by atoms with Crippen molar-refractivity contribution in [2.24, 2.45) is 4.99 Å². The molecule has 0 aliphatic heterocycles. The van der Waals surface area contributed by atoms with Crippen molar-refractivity contribution in [2.45, 2.75) is 6.92 Å². The third kappa shape index (κ3) is 2.87. The fourth-order valence-corrected chi connectivity index (χ4v) is 2.09. The average molecular weight is 262 g/mol. The SMILES string of the molecule is COc1ccc(C=Nc2nc(C)cs2)c(OC)c1. The van der Waals surface area contributed by atoms with E-state index in [-0.39, 0.29) is 0 Å². The van der Waals surface area contributed by atoms with Gasteiger partial charge in [-0.3, -0.25) is 0 Å². The number of aromatic nitrogens is 1. The number of nitrogens with zero attached hydrogens (tertiary/aromatic N) is 2. The summed E-state index contributed by atoms with van der Waals surface area (Å²) in [4.78, 5) is 8.59. The molecule has 4 nitrogen and oxygen atoms in total. The molecule has 0 aliphatic carbocycles. The Morgan fingerprint density at radius 3 is 2.72 bits per heavy atom. The van der Waals surface area contributed by atoms with Crippen molar-refractivity contribution in [3.63, 3.8) is 0 Å². The van der Waals surface area contributed by atoms with Crippen molar-refractivity contribution in [3.8, 4) is 11.5 Å². The molecule has 0 spiro atoms. The van der Waals surface area contributed by atoms with Gasteiger partial charge in [-0.1, -0.05) is 0 Å². The summed E-state index contributed by atoms with van der Waals surface area (Å²) < 4.78 is 10.4. The molecule has 0 saturated heterocycles. The molecule has 1 aromatic carbocycles. The summed E-state index contributed by atoms with van der Waals surface area (Å²) in [6.45, 7) is 1.95. The topological polar surface area (TPSA) is 43.7 Å². The molecule has 0 bridgehead atoms. The molecule has 94 valence electrons. The number of methoxy groups -OCH3 is 2. The lowest BCUT2D eigenvalue weighted by molar-refractivity contribution is 0.394.